The van der Waals surface area contributed by atoms with Crippen LogP contribution in [0.3, 0.4) is 0 Å². The summed E-state index contributed by atoms with van der Waals surface area (Å²) in [5, 5.41) is 19.5. The van der Waals surface area contributed by atoms with Crippen LogP contribution in [0.25, 0.3) is 11.1 Å². The normalized spacial score (nSPS) is 15.3. The van der Waals surface area contributed by atoms with E-state index in [1.54, 1.807) is 13.8 Å². The van der Waals surface area contributed by atoms with E-state index >= 15 is 0 Å². The highest BCUT2D eigenvalue weighted by atomic mass is 16.3. The molecule has 0 bridgehead atoms. The predicted octanol–water partition coefficient (Wildman–Crippen LogP) is 3.64. The van der Waals surface area contributed by atoms with Crippen LogP contribution in [0.1, 0.15) is 47.3 Å². The molecule has 34 heavy (non-hydrogen) atoms. The van der Waals surface area contributed by atoms with Gasteiger partial charge >= 0.3 is 0 Å². The number of aromatic nitrogens is 2. The maximum atomic E-state index is 11.5. The maximum absolute atomic E-state index is 11.5. The van der Waals surface area contributed by atoms with E-state index in [4.69, 9.17) is 5.73 Å². The van der Waals surface area contributed by atoms with Crippen molar-refractivity contribution in [2.75, 3.05) is 18.0 Å². The molecule has 1 unspecified atom stereocenters. The molecule has 178 valence electrons. The summed E-state index contributed by atoms with van der Waals surface area (Å²) >= 11 is 0. The number of carbonyl (C=O) groups excluding carboxylic acids is 1. The van der Waals surface area contributed by atoms with Gasteiger partial charge in [0.15, 0.2) is 11.4 Å². The van der Waals surface area contributed by atoms with Crippen LogP contribution in [0.15, 0.2) is 48.5 Å². The van der Waals surface area contributed by atoms with Gasteiger partial charge in [0.2, 0.25) is 0 Å². The molecule has 1 aromatic heterocycles. The summed E-state index contributed by atoms with van der Waals surface area (Å²) < 4.78 is 0. The van der Waals surface area contributed by atoms with E-state index in [0.717, 1.165) is 31.5 Å². The number of aromatic hydroxyl groups is 1. The first-order valence-electron chi connectivity index (χ1n) is 11.8. The summed E-state index contributed by atoms with van der Waals surface area (Å²) in [4.78, 5) is 22.5. The van der Waals surface area contributed by atoms with Gasteiger partial charge in [-0.3, -0.25) is 4.79 Å². The van der Waals surface area contributed by atoms with Gasteiger partial charge in [0.25, 0.3) is 5.91 Å². The summed E-state index contributed by atoms with van der Waals surface area (Å²) in [6, 6.07) is 17.0. The van der Waals surface area contributed by atoms with E-state index in [2.05, 4.69) is 63.4 Å². The molecule has 1 aliphatic rings. The molecule has 2 aromatic carbocycles. The van der Waals surface area contributed by atoms with Gasteiger partial charge in [0, 0.05) is 25.2 Å². The topological polar surface area (TPSA) is 113 Å². The Labute approximate surface area is 200 Å². The molecule has 0 spiro atoms. The zero-order chi connectivity index (χ0) is 24.2. The Morgan fingerprint density at radius 2 is 1.65 bits per heavy atom. The number of aliphatic hydroxyl groups excluding tert-OH is 1. The summed E-state index contributed by atoms with van der Waals surface area (Å²) in [6.07, 6.45) is 3.00. The molecule has 1 saturated heterocycles. The predicted molar refractivity (Wildman–Crippen MR) is 133 cm³/mol. The molecule has 4 rings (SSSR count). The number of amides is 1. The molecule has 0 radical (unpaired) electrons. The number of carbonyl (C=O) groups is 1. The van der Waals surface area contributed by atoms with Crippen molar-refractivity contribution in [2.24, 2.45) is 11.7 Å². The highest BCUT2D eigenvalue weighted by molar-refractivity contribution is 5.93. The Morgan fingerprint density at radius 3 is 2.21 bits per heavy atom. The molecule has 2 heterocycles. The summed E-state index contributed by atoms with van der Waals surface area (Å²) in [5.74, 6) is 0.00940. The van der Waals surface area contributed by atoms with Crippen LogP contribution in [0.5, 0.6) is 5.75 Å². The molecular weight excluding hydrogens is 428 g/mol. The Balaban J connectivity index is 1.35. The third-order valence-corrected chi connectivity index (χ3v) is 6.47. The van der Waals surface area contributed by atoms with Gasteiger partial charge in [-0.25, -0.2) is 9.97 Å². The van der Waals surface area contributed by atoms with E-state index in [9.17, 15) is 15.0 Å². The molecule has 1 fully saturated rings. The molecule has 0 saturated carbocycles. The van der Waals surface area contributed by atoms with Crippen molar-refractivity contribution in [3.63, 3.8) is 0 Å². The summed E-state index contributed by atoms with van der Waals surface area (Å²) in [6.45, 7) is 5.34. The van der Waals surface area contributed by atoms with Crippen LogP contribution in [-0.4, -0.2) is 45.3 Å². The lowest BCUT2D eigenvalue weighted by molar-refractivity contribution is 0.0991. The van der Waals surface area contributed by atoms with Crippen molar-refractivity contribution in [1.29, 1.82) is 0 Å². The number of hydrogen-bond acceptors (Lipinski definition) is 6. The van der Waals surface area contributed by atoms with Gasteiger partial charge in [-0.1, -0.05) is 36.4 Å². The van der Waals surface area contributed by atoms with E-state index in [1.165, 1.54) is 16.8 Å². The Kier molecular flexibility index (Phi) is 7.12. The SMILES string of the molecule is Cc1nc(CC2CCN(c3ccc(-c4ccc(CC(C)O)cc4)cc3)CC2)nc(C(N)=O)c1O. The molecule has 7 nitrogen and oxygen atoms in total. The van der Waals surface area contributed by atoms with Crippen LogP contribution in [0.4, 0.5) is 5.69 Å². The second-order valence-electron chi connectivity index (χ2n) is 9.22. The summed E-state index contributed by atoms with van der Waals surface area (Å²) in [5.41, 5.74) is 10.3. The first kappa shape index (κ1) is 23.7. The van der Waals surface area contributed by atoms with Gasteiger partial charge in [-0.2, -0.15) is 0 Å². The number of primary amides is 1. The van der Waals surface area contributed by atoms with Gasteiger partial charge in [-0.05, 0) is 67.9 Å². The Morgan fingerprint density at radius 1 is 1.06 bits per heavy atom. The third-order valence-electron chi connectivity index (χ3n) is 6.47. The first-order valence-corrected chi connectivity index (χ1v) is 11.8. The molecule has 7 heteroatoms. The maximum Gasteiger partial charge on any atom is 0.271 e. The first-order chi connectivity index (χ1) is 16.3. The minimum atomic E-state index is -0.738. The van der Waals surface area contributed by atoms with Crippen molar-refractivity contribution in [1.82, 2.24) is 9.97 Å². The number of nitrogens with zero attached hydrogens (tertiary/aromatic N) is 3. The van der Waals surface area contributed by atoms with Crippen molar-refractivity contribution in [3.8, 4) is 16.9 Å². The number of hydrogen-bond donors (Lipinski definition) is 3. The number of aliphatic hydroxyl groups is 1. The number of aryl methyl sites for hydroxylation is 1. The minimum Gasteiger partial charge on any atom is -0.504 e. The molecule has 4 N–H and O–H groups in total. The quantitative estimate of drug-likeness (QED) is 0.496. The van der Waals surface area contributed by atoms with E-state index < -0.39 is 5.91 Å². The Bertz CT molecular complexity index is 1140. The van der Waals surface area contributed by atoms with Crippen molar-refractivity contribution < 1.29 is 15.0 Å². The van der Waals surface area contributed by atoms with Crippen LogP contribution < -0.4 is 10.6 Å². The monoisotopic (exact) mass is 460 g/mol. The molecule has 1 amide bonds. The van der Waals surface area contributed by atoms with Crippen molar-refractivity contribution in [3.05, 3.63) is 71.3 Å². The average Bonchev–Trinajstić information content (AvgIpc) is 2.82. The third kappa shape index (κ3) is 5.54. The zero-order valence-electron chi connectivity index (χ0n) is 19.7. The highest BCUT2D eigenvalue weighted by Crippen LogP contribution is 2.28. The number of rotatable bonds is 7. The number of piperidine rings is 1. The van der Waals surface area contributed by atoms with Crippen molar-refractivity contribution >= 4 is 11.6 Å². The zero-order valence-corrected chi connectivity index (χ0v) is 19.7. The highest BCUT2D eigenvalue weighted by Gasteiger charge is 2.22. The molecule has 3 aromatic rings. The van der Waals surface area contributed by atoms with Crippen molar-refractivity contribution in [2.45, 2.75) is 45.6 Å². The minimum absolute atomic E-state index is 0.0994. The number of nitrogens with two attached hydrogens (primary N) is 1. The Hall–Kier alpha value is -3.45. The van der Waals surface area contributed by atoms with Gasteiger partial charge < -0.3 is 20.8 Å². The van der Waals surface area contributed by atoms with Gasteiger partial charge in [0.1, 0.15) is 5.82 Å². The number of benzene rings is 2. The fraction of sp³-hybridized carbons (Fsp3) is 0.370. The largest absolute Gasteiger partial charge is 0.504 e. The van der Waals surface area contributed by atoms with E-state index in [1.807, 2.05) is 0 Å². The number of anilines is 1. The standard InChI is InChI=1S/C27H32N4O3/c1-17(32)15-19-3-5-21(6-4-19)22-7-9-23(10-8-22)31-13-11-20(12-14-31)16-24-29-18(2)26(33)25(30-24)27(28)34/h3-10,17,20,32-33H,11-16H2,1-2H3,(H2,28,34). The lowest BCUT2D eigenvalue weighted by Crippen LogP contribution is -2.34. The fourth-order valence-electron chi connectivity index (χ4n) is 4.58. The lowest BCUT2D eigenvalue weighted by atomic mass is 9.92. The van der Waals surface area contributed by atoms with Crippen LogP contribution >= 0.6 is 0 Å². The second-order valence-corrected chi connectivity index (χ2v) is 9.22. The smallest absolute Gasteiger partial charge is 0.271 e. The fourth-order valence-corrected chi connectivity index (χ4v) is 4.58. The van der Waals surface area contributed by atoms with Crippen LogP contribution in [0, 0.1) is 12.8 Å². The average molecular weight is 461 g/mol. The van der Waals surface area contributed by atoms with Gasteiger partial charge in [0.05, 0.1) is 11.8 Å². The molecular formula is C27H32N4O3. The van der Waals surface area contributed by atoms with Crippen LogP contribution in [-0.2, 0) is 12.8 Å². The summed E-state index contributed by atoms with van der Waals surface area (Å²) in [7, 11) is 0. The molecule has 0 aliphatic carbocycles. The lowest BCUT2D eigenvalue weighted by Gasteiger charge is -2.33. The second kappa shape index (κ2) is 10.2. The van der Waals surface area contributed by atoms with E-state index in [0.29, 0.717) is 30.3 Å². The molecule has 1 atom stereocenters. The van der Waals surface area contributed by atoms with E-state index in [-0.39, 0.29) is 17.5 Å². The molecule has 1 aliphatic heterocycles. The van der Waals surface area contributed by atoms with Gasteiger partial charge in [-0.15, -0.1) is 0 Å². The van der Waals surface area contributed by atoms with Crippen LogP contribution in [0.2, 0.25) is 0 Å².